The van der Waals surface area contributed by atoms with Gasteiger partial charge in [0, 0.05) is 36.6 Å². The second-order valence-corrected chi connectivity index (χ2v) is 6.38. The molecular formula is C12H22N2O3S. The maximum Gasteiger partial charge on any atom is 0.317 e. The van der Waals surface area contributed by atoms with Gasteiger partial charge in [0.1, 0.15) is 0 Å². The van der Waals surface area contributed by atoms with Crippen molar-refractivity contribution in [2.24, 2.45) is 5.92 Å². The number of rotatable bonds is 4. The van der Waals surface area contributed by atoms with Crippen molar-refractivity contribution in [1.29, 1.82) is 0 Å². The van der Waals surface area contributed by atoms with Crippen LogP contribution in [0.2, 0.25) is 0 Å². The van der Waals surface area contributed by atoms with Crippen LogP contribution in [0.25, 0.3) is 0 Å². The van der Waals surface area contributed by atoms with E-state index in [0.717, 1.165) is 12.3 Å². The molecule has 0 spiro atoms. The first-order chi connectivity index (χ1) is 8.41. The number of carboxylic acids is 1. The van der Waals surface area contributed by atoms with Crippen LogP contribution in [0.15, 0.2) is 0 Å². The van der Waals surface area contributed by atoms with Crippen molar-refractivity contribution in [3.8, 4) is 0 Å². The summed E-state index contributed by atoms with van der Waals surface area (Å²) in [7, 11) is 0. The molecule has 1 heterocycles. The van der Waals surface area contributed by atoms with Crippen LogP contribution in [0.5, 0.6) is 0 Å². The standard InChI is InChI=1S/C12H22N2O3S/c1-8(6-11(15)16)7-13-12(17)14-4-5-18-10(3)9(14)2/h8-10H,4-7H2,1-3H3,(H,13,17)(H,15,16). The molecule has 1 fully saturated rings. The van der Waals surface area contributed by atoms with Gasteiger partial charge in [0.15, 0.2) is 0 Å². The van der Waals surface area contributed by atoms with E-state index in [2.05, 4.69) is 19.2 Å². The van der Waals surface area contributed by atoms with Crippen molar-refractivity contribution in [2.45, 2.75) is 38.5 Å². The quantitative estimate of drug-likeness (QED) is 0.817. The molecular weight excluding hydrogens is 252 g/mol. The highest BCUT2D eigenvalue weighted by atomic mass is 32.2. The Morgan fingerprint density at radius 2 is 2.17 bits per heavy atom. The number of carboxylic acid groups (broad SMARTS) is 1. The lowest BCUT2D eigenvalue weighted by atomic mass is 10.1. The van der Waals surface area contributed by atoms with Gasteiger partial charge in [0.05, 0.1) is 0 Å². The van der Waals surface area contributed by atoms with E-state index in [1.165, 1.54) is 0 Å². The molecule has 3 unspecified atom stereocenters. The largest absolute Gasteiger partial charge is 0.481 e. The molecule has 104 valence electrons. The summed E-state index contributed by atoms with van der Waals surface area (Å²) in [5.74, 6) is 0.0929. The highest BCUT2D eigenvalue weighted by molar-refractivity contribution is 8.00. The Balaban J connectivity index is 2.38. The maximum absolute atomic E-state index is 12.0. The SMILES string of the molecule is CC(CNC(=O)N1CCSC(C)C1C)CC(=O)O. The first-order valence-corrected chi connectivity index (χ1v) is 7.34. The van der Waals surface area contributed by atoms with Crippen molar-refractivity contribution in [1.82, 2.24) is 10.2 Å². The first kappa shape index (κ1) is 15.1. The van der Waals surface area contributed by atoms with E-state index in [4.69, 9.17) is 5.11 Å². The summed E-state index contributed by atoms with van der Waals surface area (Å²) >= 11 is 1.88. The third-order valence-electron chi connectivity index (χ3n) is 3.27. The summed E-state index contributed by atoms with van der Waals surface area (Å²) in [5.41, 5.74) is 0. The van der Waals surface area contributed by atoms with E-state index < -0.39 is 5.97 Å². The Hall–Kier alpha value is -0.910. The Morgan fingerprint density at radius 1 is 1.50 bits per heavy atom. The summed E-state index contributed by atoms with van der Waals surface area (Å²) < 4.78 is 0. The lowest BCUT2D eigenvalue weighted by molar-refractivity contribution is -0.137. The topological polar surface area (TPSA) is 69.6 Å². The molecule has 1 aliphatic rings. The minimum absolute atomic E-state index is 0.0432. The maximum atomic E-state index is 12.0. The molecule has 1 rings (SSSR count). The molecule has 1 aliphatic heterocycles. The van der Waals surface area contributed by atoms with Gasteiger partial charge in [-0.15, -0.1) is 0 Å². The Kier molecular flexibility index (Phi) is 5.78. The van der Waals surface area contributed by atoms with Crippen molar-refractivity contribution >= 4 is 23.8 Å². The number of carbonyl (C=O) groups is 2. The number of nitrogens with one attached hydrogen (secondary N) is 1. The summed E-state index contributed by atoms with van der Waals surface area (Å²) in [6.45, 7) is 7.18. The molecule has 3 atom stereocenters. The van der Waals surface area contributed by atoms with Gasteiger partial charge in [0.2, 0.25) is 0 Å². The number of hydrogen-bond donors (Lipinski definition) is 2. The van der Waals surface area contributed by atoms with Crippen LogP contribution in [0.3, 0.4) is 0 Å². The van der Waals surface area contributed by atoms with Crippen molar-refractivity contribution in [3.63, 3.8) is 0 Å². The number of nitrogens with zero attached hydrogens (tertiary/aromatic N) is 1. The second kappa shape index (κ2) is 6.87. The fourth-order valence-corrected chi connectivity index (χ4v) is 3.05. The molecule has 0 aromatic rings. The molecule has 0 aromatic carbocycles. The summed E-state index contributed by atoms with van der Waals surface area (Å²) in [6.07, 6.45) is 0.0854. The summed E-state index contributed by atoms with van der Waals surface area (Å²) in [4.78, 5) is 24.4. The van der Waals surface area contributed by atoms with Crippen LogP contribution in [0, 0.1) is 5.92 Å². The molecule has 0 saturated carbocycles. The van der Waals surface area contributed by atoms with Crippen LogP contribution in [-0.4, -0.2) is 52.1 Å². The number of carbonyl (C=O) groups excluding carboxylic acids is 1. The number of amides is 2. The van der Waals surface area contributed by atoms with Gasteiger partial charge in [0.25, 0.3) is 0 Å². The fraction of sp³-hybridized carbons (Fsp3) is 0.833. The van der Waals surface area contributed by atoms with Crippen LogP contribution >= 0.6 is 11.8 Å². The minimum Gasteiger partial charge on any atom is -0.481 e. The van der Waals surface area contributed by atoms with Gasteiger partial charge in [-0.05, 0) is 12.8 Å². The molecule has 0 bridgehead atoms. The van der Waals surface area contributed by atoms with E-state index in [0.29, 0.717) is 11.8 Å². The van der Waals surface area contributed by atoms with Crippen LogP contribution in [0.4, 0.5) is 4.79 Å². The Morgan fingerprint density at radius 3 is 2.78 bits per heavy atom. The van der Waals surface area contributed by atoms with E-state index in [9.17, 15) is 9.59 Å². The minimum atomic E-state index is -0.826. The number of urea groups is 1. The van der Waals surface area contributed by atoms with Crippen LogP contribution in [0.1, 0.15) is 27.2 Å². The van der Waals surface area contributed by atoms with Crippen LogP contribution in [-0.2, 0) is 4.79 Å². The van der Waals surface area contributed by atoms with E-state index in [1.54, 1.807) is 0 Å². The van der Waals surface area contributed by atoms with Crippen molar-refractivity contribution < 1.29 is 14.7 Å². The third-order valence-corrected chi connectivity index (χ3v) is 4.61. The Bertz CT molecular complexity index is 312. The van der Waals surface area contributed by atoms with E-state index in [-0.39, 0.29) is 24.4 Å². The average molecular weight is 274 g/mol. The van der Waals surface area contributed by atoms with Gasteiger partial charge in [-0.25, -0.2) is 4.79 Å². The predicted molar refractivity (Wildman–Crippen MR) is 72.9 cm³/mol. The zero-order chi connectivity index (χ0) is 13.7. The normalized spacial score (nSPS) is 25.6. The number of thioether (sulfide) groups is 1. The average Bonchev–Trinajstić information content (AvgIpc) is 2.29. The summed E-state index contributed by atoms with van der Waals surface area (Å²) in [5, 5.41) is 11.9. The van der Waals surface area contributed by atoms with Gasteiger partial charge < -0.3 is 15.3 Å². The smallest absolute Gasteiger partial charge is 0.317 e. The van der Waals surface area contributed by atoms with E-state index >= 15 is 0 Å². The zero-order valence-electron chi connectivity index (χ0n) is 11.2. The van der Waals surface area contributed by atoms with E-state index in [1.807, 2.05) is 23.6 Å². The highest BCUT2D eigenvalue weighted by Crippen LogP contribution is 2.24. The lowest BCUT2D eigenvalue weighted by Gasteiger charge is -2.37. The Labute approximate surface area is 112 Å². The van der Waals surface area contributed by atoms with Crippen molar-refractivity contribution in [3.05, 3.63) is 0 Å². The molecule has 0 aliphatic carbocycles. The summed E-state index contributed by atoms with van der Waals surface area (Å²) in [6, 6.07) is 0.144. The molecule has 2 amide bonds. The zero-order valence-corrected chi connectivity index (χ0v) is 12.0. The lowest BCUT2D eigenvalue weighted by Crippen LogP contribution is -2.52. The number of aliphatic carboxylic acids is 1. The van der Waals surface area contributed by atoms with Gasteiger partial charge >= 0.3 is 12.0 Å². The third kappa shape index (κ3) is 4.40. The molecule has 5 nitrogen and oxygen atoms in total. The van der Waals surface area contributed by atoms with Gasteiger partial charge in [-0.2, -0.15) is 11.8 Å². The molecule has 18 heavy (non-hydrogen) atoms. The predicted octanol–water partition coefficient (Wildman–Crippen LogP) is 1.63. The first-order valence-electron chi connectivity index (χ1n) is 6.29. The van der Waals surface area contributed by atoms with Gasteiger partial charge in [-0.1, -0.05) is 13.8 Å². The van der Waals surface area contributed by atoms with Crippen LogP contribution < -0.4 is 5.32 Å². The molecule has 6 heteroatoms. The molecule has 0 aromatic heterocycles. The molecule has 2 N–H and O–H groups in total. The highest BCUT2D eigenvalue weighted by Gasteiger charge is 2.28. The monoisotopic (exact) mass is 274 g/mol. The fourth-order valence-electron chi connectivity index (χ4n) is 1.95. The molecule has 1 saturated heterocycles. The second-order valence-electron chi connectivity index (χ2n) is 4.90. The molecule has 0 radical (unpaired) electrons. The van der Waals surface area contributed by atoms with Crippen molar-refractivity contribution in [2.75, 3.05) is 18.8 Å². The van der Waals surface area contributed by atoms with Gasteiger partial charge in [-0.3, -0.25) is 4.79 Å². The number of hydrogen-bond acceptors (Lipinski definition) is 3.